The second-order valence-electron chi connectivity index (χ2n) is 7.47. The van der Waals surface area contributed by atoms with Crippen molar-refractivity contribution in [2.45, 2.75) is 32.6 Å². The van der Waals surface area contributed by atoms with Crippen molar-refractivity contribution in [2.75, 3.05) is 0 Å². The molecule has 0 saturated heterocycles. The zero-order chi connectivity index (χ0) is 24.3. The van der Waals surface area contributed by atoms with E-state index >= 15 is 0 Å². The average Bonchev–Trinajstić information content (AvgIpc) is 2.83. The number of alkyl carbamates (subject to hydrolysis) is 1. The molecule has 0 aromatic heterocycles. The molecule has 0 saturated carbocycles. The number of rotatable bonds is 10. The number of esters is 1. The lowest BCUT2D eigenvalue weighted by Crippen LogP contribution is -2.43. The Morgan fingerprint density at radius 1 is 0.882 bits per heavy atom. The third kappa shape index (κ3) is 7.99. The highest BCUT2D eigenvalue weighted by atomic mass is 31.1. The van der Waals surface area contributed by atoms with E-state index in [1.54, 1.807) is 19.1 Å². The minimum Gasteiger partial charge on any atom is -0.558 e. The normalized spacial score (nSPS) is 11.8. The molecule has 0 radical (unpaired) electrons. The van der Waals surface area contributed by atoms with Gasteiger partial charge in [0.2, 0.25) is 0 Å². The molecule has 0 aliphatic rings. The first-order valence-corrected chi connectivity index (χ1v) is 11.6. The van der Waals surface area contributed by atoms with E-state index < -0.39 is 26.4 Å². The standard InChI is InChI=1S/C25H24NO7P/c1-18-14-21(12-13-23(18)33-34(29)30)15-22(24(27)31-16-19-8-4-2-5-9-19)26-25(28)32-17-20-10-6-3-7-11-20/h2-14,22H,15-17H2,1H3,(H,26,28). The van der Waals surface area contributed by atoms with Gasteiger partial charge in [-0.05, 0) is 39.8 Å². The molecule has 8 nitrogen and oxygen atoms in total. The number of hydrogen-bond donors (Lipinski definition) is 1. The number of carbonyl (C=O) groups excluding carboxylic acids is 2. The van der Waals surface area contributed by atoms with Crippen LogP contribution in [0.1, 0.15) is 22.3 Å². The number of carbonyl (C=O) groups is 2. The summed E-state index contributed by atoms with van der Waals surface area (Å²) in [7, 11) is -3.04. The number of hydrogen-bond acceptors (Lipinski definition) is 7. The van der Waals surface area contributed by atoms with Crippen LogP contribution in [0.25, 0.3) is 0 Å². The highest BCUT2D eigenvalue weighted by Gasteiger charge is 2.24. The molecule has 0 fully saturated rings. The summed E-state index contributed by atoms with van der Waals surface area (Å²) in [5.74, 6) is -0.431. The second kappa shape index (κ2) is 12.5. The van der Waals surface area contributed by atoms with E-state index in [1.807, 2.05) is 60.7 Å². The Labute approximate surface area is 198 Å². The van der Waals surface area contributed by atoms with Gasteiger partial charge in [0.1, 0.15) is 19.3 Å². The van der Waals surface area contributed by atoms with E-state index in [1.165, 1.54) is 6.07 Å². The summed E-state index contributed by atoms with van der Waals surface area (Å²) in [5.41, 5.74) is 2.87. The van der Waals surface area contributed by atoms with E-state index in [9.17, 15) is 19.0 Å². The van der Waals surface area contributed by atoms with Gasteiger partial charge >= 0.3 is 20.3 Å². The maximum absolute atomic E-state index is 12.8. The van der Waals surface area contributed by atoms with Gasteiger partial charge in [0.15, 0.2) is 5.75 Å². The molecular formula is C25H24NO7P. The van der Waals surface area contributed by atoms with Gasteiger partial charge in [-0.25, -0.2) is 9.59 Å². The number of benzene rings is 3. The topological polar surface area (TPSA) is 114 Å². The van der Waals surface area contributed by atoms with E-state index in [0.717, 1.165) is 11.1 Å². The van der Waals surface area contributed by atoms with E-state index in [4.69, 9.17) is 14.0 Å². The molecule has 3 aromatic rings. The maximum atomic E-state index is 12.8. The van der Waals surface area contributed by atoms with Gasteiger partial charge in [-0.3, -0.25) is 4.52 Å². The average molecular weight is 481 g/mol. The van der Waals surface area contributed by atoms with Crippen molar-refractivity contribution < 1.29 is 33.0 Å². The van der Waals surface area contributed by atoms with Crippen LogP contribution in [0.3, 0.4) is 0 Å². The molecule has 3 aromatic carbocycles. The first kappa shape index (κ1) is 24.9. The van der Waals surface area contributed by atoms with Crippen LogP contribution in [0.5, 0.6) is 5.75 Å². The number of aryl methyl sites for hydroxylation is 1. The molecule has 2 unspecified atom stereocenters. The highest BCUT2D eigenvalue weighted by molar-refractivity contribution is 7.31. The molecule has 1 amide bonds. The lowest BCUT2D eigenvalue weighted by molar-refractivity contribution is -0.178. The molecule has 176 valence electrons. The number of amides is 1. The third-order valence-electron chi connectivity index (χ3n) is 4.87. The van der Waals surface area contributed by atoms with Crippen molar-refractivity contribution in [3.63, 3.8) is 0 Å². The Hall–Kier alpha value is -3.74. The van der Waals surface area contributed by atoms with Gasteiger partial charge in [0, 0.05) is 6.42 Å². The molecule has 9 heteroatoms. The second-order valence-corrected chi connectivity index (χ2v) is 8.10. The molecule has 0 spiro atoms. The Bertz CT molecular complexity index is 1120. The van der Waals surface area contributed by atoms with Gasteiger partial charge in [0.25, 0.3) is 0 Å². The third-order valence-corrected chi connectivity index (χ3v) is 5.21. The summed E-state index contributed by atoms with van der Waals surface area (Å²) in [4.78, 5) is 36.1. The first-order valence-electron chi connectivity index (χ1n) is 10.5. The van der Waals surface area contributed by atoms with Crippen molar-refractivity contribution in [1.82, 2.24) is 5.32 Å². The fourth-order valence-electron chi connectivity index (χ4n) is 3.19. The minimum absolute atomic E-state index is 0.0526. The molecule has 0 heterocycles. The quantitative estimate of drug-likeness (QED) is 0.344. The summed E-state index contributed by atoms with van der Waals surface area (Å²) in [5, 5.41) is 2.57. The predicted molar refractivity (Wildman–Crippen MR) is 123 cm³/mol. The van der Waals surface area contributed by atoms with Crippen molar-refractivity contribution in [2.24, 2.45) is 0 Å². The largest absolute Gasteiger partial charge is 0.558 e. The Kier molecular flexibility index (Phi) is 9.14. The molecule has 0 aliphatic heterocycles. The van der Waals surface area contributed by atoms with Crippen molar-refractivity contribution in [3.8, 4) is 5.75 Å². The zero-order valence-corrected chi connectivity index (χ0v) is 19.4. The fourth-order valence-corrected chi connectivity index (χ4v) is 3.55. The summed E-state index contributed by atoms with van der Waals surface area (Å²) >= 11 is 0. The van der Waals surface area contributed by atoms with Crippen molar-refractivity contribution in [1.29, 1.82) is 0 Å². The van der Waals surface area contributed by atoms with Gasteiger partial charge in [-0.2, -0.15) is 0 Å². The zero-order valence-electron chi connectivity index (χ0n) is 18.5. The first-order chi connectivity index (χ1) is 16.4. The Balaban J connectivity index is 1.68. The monoisotopic (exact) mass is 481 g/mol. The van der Waals surface area contributed by atoms with Crippen molar-refractivity contribution >= 4 is 20.3 Å². The molecule has 1 N–H and O–H groups in total. The molecule has 0 aliphatic carbocycles. The molecule has 3 rings (SSSR count). The lowest BCUT2D eigenvalue weighted by atomic mass is 10.0. The van der Waals surface area contributed by atoms with Crippen LogP contribution < -0.4 is 14.7 Å². The number of nitrogens with one attached hydrogen (secondary N) is 1. The number of ether oxygens (including phenoxy) is 2. The van der Waals surface area contributed by atoms with Crippen molar-refractivity contribution in [3.05, 3.63) is 101 Å². The maximum Gasteiger partial charge on any atom is 0.539 e. The smallest absolute Gasteiger partial charge is 0.539 e. The molecule has 34 heavy (non-hydrogen) atoms. The van der Waals surface area contributed by atoms with Crippen LogP contribution in [-0.4, -0.2) is 18.1 Å². The Morgan fingerprint density at radius 3 is 2.03 bits per heavy atom. The van der Waals surface area contributed by atoms with Crippen LogP contribution in [0.2, 0.25) is 0 Å². The fraction of sp³-hybridized carbons (Fsp3) is 0.200. The molecular weight excluding hydrogens is 457 g/mol. The summed E-state index contributed by atoms with van der Waals surface area (Å²) in [6.45, 7) is 1.79. The van der Waals surface area contributed by atoms with E-state index in [-0.39, 0.29) is 25.4 Å². The van der Waals surface area contributed by atoms with Crippen LogP contribution >= 0.6 is 8.25 Å². The predicted octanol–water partition coefficient (Wildman–Crippen LogP) is 3.97. The van der Waals surface area contributed by atoms with Crippen LogP contribution in [0.15, 0.2) is 78.9 Å². The minimum atomic E-state index is -3.04. The van der Waals surface area contributed by atoms with Gasteiger partial charge in [-0.1, -0.05) is 72.8 Å². The van der Waals surface area contributed by atoms with Gasteiger partial charge in [0.05, 0.1) is 0 Å². The molecule has 2 atom stereocenters. The summed E-state index contributed by atoms with van der Waals surface area (Å²) in [6, 6.07) is 22.1. The SMILES string of the molecule is Cc1cc(CC(NC(=O)OCc2ccccc2)C(=O)OCc2ccccc2)ccc1O[P+](=O)[O-]. The summed E-state index contributed by atoms with van der Waals surface area (Å²) in [6.07, 6.45) is -0.649. The lowest BCUT2D eigenvalue weighted by Gasteiger charge is -2.18. The Morgan fingerprint density at radius 2 is 1.47 bits per heavy atom. The van der Waals surface area contributed by atoms with E-state index in [0.29, 0.717) is 11.1 Å². The van der Waals surface area contributed by atoms with Crippen LogP contribution in [-0.2, 0) is 38.5 Å². The van der Waals surface area contributed by atoms with Gasteiger partial charge in [-0.15, -0.1) is 0 Å². The summed E-state index contributed by atoms with van der Waals surface area (Å²) < 4.78 is 26.3. The van der Waals surface area contributed by atoms with Gasteiger partial charge < -0.3 is 19.7 Å². The highest BCUT2D eigenvalue weighted by Crippen LogP contribution is 2.26. The molecule has 0 bridgehead atoms. The van der Waals surface area contributed by atoms with Crippen LogP contribution in [0, 0.1) is 6.92 Å². The van der Waals surface area contributed by atoms with E-state index in [2.05, 4.69) is 5.32 Å². The van der Waals surface area contributed by atoms with Crippen LogP contribution in [0.4, 0.5) is 4.79 Å².